The molecule has 2 aliphatic rings. The molecule has 0 bridgehead atoms. The maximum Gasteiger partial charge on any atom is 0.222 e. The van der Waals surface area contributed by atoms with Crippen LogP contribution in [0.3, 0.4) is 0 Å². The SMILES string of the molecule is CN1C(=O)CC[C@@H](N[C@@H]2CCc3cccnc3CC2)[C@@H]1c1ccnn1C. The van der Waals surface area contributed by atoms with Crippen molar-refractivity contribution in [3.63, 3.8) is 0 Å². The Hall–Kier alpha value is -2.21. The van der Waals surface area contributed by atoms with E-state index in [9.17, 15) is 4.79 Å². The zero-order valence-electron chi connectivity index (χ0n) is 15.6. The molecule has 4 rings (SSSR count). The van der Waals surface area contributed by atoms with E-state index in [1.165, 1.54) is 11.3 Å². The van der Waals surface area contributed by atoms with E-state index in [0.717, 1.165) is 37.8 Å². The van der Waals surface area contributed by atoms with Crippen molar-refractivity contribution >= 4 is 5.91 Å². The first-order valence-corrected chi connectivity index (χ1v) is 9.56. The molecule has 1 amide bonds. The van der Waals surface area contributed by atoms with Crippen LogP contribution in [0.1, 0.15) is 48.7 Å². The number of fused-ring (bicyclic) bond motifs is 1. The second kappa shape index (κ2) is 7.19. The number of pyridine rings is 1. The summed E-state index contributed by atoms with van der Waals surface area (Å²) >= 11 is 0. The number of likely N-dealkylation sites (N-methyl/N-ethyl adjacent to an activating group) is 1. The van der Waals surface area contributed by atoms with E-state index in [1.807, 2.05) is 48.2 Å². The molecule has 1 aliphatic carbocycles. The molecule has 3 heterocycles. The number of rotatable bonds is 3. The zero-order chi connectivity index (χ0) is 18.1. The molecule has 2 aromatic rings. The lowest BCUT2D eigenvalue weighted by atomic mass is 9.92. The van der Waals surface area contributed by atoms with Crippen molar-refractivity contribution in [2.75, 3.05) is 7.05 Å². The van der Waals surface area contributed by atoms with Crippen molar-refractivity contribution in [2.45, 2.75) is 56.7 Å². The van der Waals surface area contributed by atoms with E-state index in [2.05, 4.69) is 21.5 Å². The molecule has 0 saturated carbocycles. The predicted molar refractivity (Wildman–Crippen MR) is 99.5 cm³/mol. The second-order valence-electron chi connectivity index (χ2n) is 7.52. The minimum Gasteiger partial charge on any atom is -0.336 e. The number of aromatic nitrogens is 3. The van der Waals surface area contributed by atoms with Crippen molar-refractivity contribution in [3.8, 4) is 0 Å². The van der Waals surface area contributed by atoms with Crippen LogP contribution in [0.2, 0.25) is 0 Å². The van der Waals surface area contributed by atoms with Gasteiger partial charge in [0.25, 0.3) is 0 Å². The number of aryl methyl sites for hydroxylation is 3. The summed E-state index contributed by atoms with van der Waals surface area (Å²) in [5.74, 6) is 0.215. The van der Waals surface area contributed by atoms with Gasteiger partial charge in [0.05, 0.1) is 11.7 Å². The smallest absolute Gasteiger partial charge is 0.222 e. The fraction of sp³-hybridized carbons (Fsp3) is 0.550. The van der Waals surface area contributed by atoms with E-state index in [0.29, 0.717) is 12.5 Å². The monoisotopic (exact) mass is 353 g/mol. The number of nitrogens with one attached hydrogen (secondary N) is 1. The van der Waals surface area contributed by atoms with Crippen LogP contribution < -0.4 is 5.32 Å². The summed E-state index contributed by atoms with van der Waals surface area (Å²) in [5, 5.41) is 8.20. The molecule has 138 valence electrons. The number of nitrogens with zero attached hydrogens (tertiary/aromatic N) is 4. The van der Waals surface area contributed by atoms with Crippen LogP contribution >= 0.6 is 0 Å². The van der Waals surface area contributed by atoms with Gasteiger partial charge < -0.3 is 10.2 Å². The number of hydrogen-bond acceptors (Lipinski definition) is 4. The van der Waals surface area contributed by atoms with Crippen LogP contribution in [0.5, 0.6) is 0 Å². The van der Waals surface area contributed by atoms with E-state index in [-0.39, 0.29) is 18.0 Å². The maximum atomic E-state index is 12.3. The number of carbonyl (C=O) groups excluding carboxylic acids is 1. The summed E-state index contributed by atoms with van der Waals surface area (Å²) < 4.78 is 1.89. The average Bonchev–Trinajstić information content (AvgIpc) is 2.95. The third-order valence-corrected chi connectivity index (χ3v) is 5.95. The van der Waals surface area contributed by atoms with E-state index >= 15 is 0 Å². The summed E-state index contributed by atoms with van der Waals surface area (Å²) in [6.07, 6.45) is 9.49. The van der Waals surface area contributed by atoms with Crippen molar-refractivity contribution in [3.05, 3.63) is 47.5 Å². The van der Waals surface area contributed by atoms with Gasteiger partial charge in [-0.15, -0.1) is 0 Å². The van der Waals surface area contributed by atoms with Crippen LogP contribution in [0.15, 0.2) is 30.6 Å². The summed E-state index contributed by atoms with van der Waals surface area (Å²) in [4.78, 5) is 18.8. The van der Waals surface area contributed by atoms with Crippen molar-refractivity contribution in [2.24, 2.45) is 7.05 Å². The summed E-state index contributed by atoms with van der Waals surface area (Å²) in [5.41, 5.74) is 3.73. The molecule has 0 spiro atoms. The maximum absolute atomic E-state index is 12.3. The Morgan fingerprint density at radius 3 is 2.73 bits per heavy atom. The van der Waals surface area contributed by atoms with Crippen LogP contribution in [0.4, 0.5) is 0 Å². The normalized spacial score (nSPS) is 26.5. The molecule has 0 aromatic carbocycles. The molecule has 1 saturated heterocycles. The molecule has 1 fully saturated rings. The fourth-order valence-electron chi connectivity index (χ4n) is 4.47. The van der Waals surface area contributed by atoms with E-state index < -0.39 is 0 Å². The van der Waals surface area contributed by atoms with E-state index in [4.69, 9.17) is 0 Å². The quantitative estimate of drug-likeness (QED) is 0.858. The number of piperidine rings is 1. The lowest BCUT2D eigenvalue weighted by Gasteiger charge is -2.41. The summed E-state index contributed by atoms with van der Waals surface area (Å²) in [7, 11) is 3.87. The van der Waals surface area contributed by atoms with Crippen LogP contribution in [0.25, 0.3) is 0 Å². The van der Waals surface area contributed by atoms with Crippen LogP contribution in [-0.2, 0) is 24.7 Å². The molecule has 3 atom stereocenters. The minimum absolute atomic E-state index is 0.0347. The number of likely N-dealkylation sites (tertiary alicyclic amines) is 1. The highest BCUT2D eigenvalue weighted by Crippen LogP contribution is 2.31. The van der Waals surface area contributed by atoms with Crippen LogP contribution in [-0.4, -0.2) is 44.7 Å². The van der Waals surface area contributed by atoms with Crippen molar-refractivity contribution in [1.29, 1.82) is 0 Å². The molecule has 1 aliphatic heterocycles. The van der Waals surface area contributed by atoms with Gasteiger partial charge in [-0.05, 0) is 49.8 Å². The van der Waals surface area contributed by atoms with Gasteiger partial charge in [-0.1, -0.05) is 6.07 Å². The second-order valence-corrected chi connectivity index (χ2v) is 7.52. The number of hydrogen-bond donors (Lipinski definition) is 1. The van der Waals surface area contributed by atoms with Gasteiger partial charge in [-0.25, -0.2) is 0 Å². The minimum atomic E-state index is 0.0347. The lowest BCUT2D eigenvalue weighted by molar-refractivity contribution is -0.136. The fourth-order valence-corrected chi connectivity index (χ4v) is 4.47. The van der Waals surface area contributed by atoms with Crippen LogP contribution in [0, 0.1) is 0 Å². The number of amides is 1. The highest BCUT2D eigenvalue weighted by atomic mass is 16.2. The zero-order valence-corrected chi connectivity index (χ0v) is 15.6. The molecular weight excluding hydrogens is 326 g/mol. The first kappa shape index (κ1) is 17.2. The third kappa shape index (κ3) is 3.26. The standard InChI is InChI=1S/C20H27N5O/c1-24-19(26)10-9-17(20(24)18-11-13-22-25(18)2)23-15-6-5-14-4-3-12-21-16(14)8-7-15/h3-4,11-13,15,17,20,23H,5-10H2,1-2H3/t15-,17-,20-/m1/s1. The Balaban J connectivity index is 1.51. The highest BCUT2D eigenvalue weighted by Gasteiger charge is 2.37. The Kier molecular flexibility index (Phi) is 4.76. The molecule has 0 radical (unpaired) electrons. The Labute approximate surface area is 154 Å². The van der Waals surface area contributed by atoms with Gasteiger partial charge in [0.15, 0.2) is 0 Å². The third-order valence-electron chi connectivity index (χ3n) is 5.95. The Morgan fingerprint density at radius 2 is 1.92 bits per heavy atom. The molecule has 26 heavy (non-hydrogen) atoms. The summed E-state index contributed by atoms with van der Waals surface area (Å²) in [6, 6.07) is 7.01. The average molecular weight is 353 g/mol. The van der Waals surface area contributed by atoms with Gasteiger partial charge in [-0.3, -0.25) is 14.5 Å². The van der Waals surface area contributed by atoms with Gasteiger partial charge in [0.2, 0.25) is 5.91 Å². The molecule has 6 nitrogen and oxygen atoms in total. The molecular formula is C20H27N5O. The van der Waals surface area contributed by atoms with Gasteiger partial charge in [0.1, 0.15) is 0 Å². The molecule has 0 unspecified atom stereocenters. The van der Waals surface area contributed by atoms with Gasteiger partial charge >= 0.3 is 0 Å². The number of carbonyl (C=O) groups is 1. The topological polar surface area (TPSA) is 63.1 Å². The largest absolute Gasteiger partial charge is 0.336 e. The Bertz CT molecular complexity index is 759. The van der Waals surface area contributed by atoms with Crippen molar-refractivity contribution < 1.29 is 4.79 Å². The van der Waals surface area contributed by atoms with Gasteiger partial charge in [-0.2, -0.15) is 5.10 Å². The predicted octanol–water partition coefficient (Wildman–Crippen LogP) is 2.01. The molecule has 1 N–H and O–H groups in total. The first-order valence-electron chi connectivity index (χ1n) is 9.56. The Morgan fingerprint density at radius 1 is 1.08 bits per heavy atom. The van der Waals surface area contributed by atoms with E-state index in [1.54, 1.807) is 0 Å². The highest BCUT2D eigenvalue weighted by molar-refractivity contribution is 5.77. The van der Waals surface area contributed by atoms with Crippen molar-refractivity contribution in [1.82, 2.24) is 25.0 Å². The molecule has 2 aromatic heterocycles. The summed E-state index contributed by atoms with van der Waals surface area (Å²) in [6.45, 7) is 0. The lowest BCUT2D eigenvalue weighted by Crippen LogP contribution is -2.52. The van der Waals surface area contributed by atoms with Gasteiger partial charge in [0, 0.05) is 50.7 Å². The molecule has 6 heteroatoms. The first-order chi connectivity index (χ1) is 12.6.